The van der Waals surface area contributed by atoms with E-state index in [2.05, 4.69) is 29.3 Å². The van der Waals surface area contributed by atoms with E-state index in [-0.39, 0.29) is 0 Å². The van der Waals surface area contributed by atoms with Gasteiger partial charge in [0.2, 0.25) is 0 Å². The Hall–Kier alpha value is -1.06. The van der Waals surface area contributed by atoms with Crippen molar-refractivity contribution in [3.63, 3.8) is 0 Å². The molecule has 0 amide bonds. The molecule has 2 rings (SSSR count). The summed E-state index contributed by atoms with van der Waals surface area (Å²) in [6.07, 6.45) is 5.06. The highest BCUT2D eigenvalue weighted by Gasteiger charge is 2.32. The van der Waals surface area contributed by atoms with Crippen LogP contribution in [-0.4, -0.2) is 16.2 Å². The van der Waals surface area contributed by atoms with Gasteiger partial charge in [-0.15, -0.1) is 0 Å². The number of nitrogens with zero attached hydrogens (tertiary/aromatic N) is 2. The van der Waals surface area contributed by atoms with Crippen LogP contribution in [0.2, 0.25) is 0 Å². The highest BCUT2D eigenvalue weighted by molar-refractivity contribution is 5.22. The van der Waals surface area contributed by atoms with E-state index in [0.29, 0.717) is 23.3 Å². The fraction of sp³-hybridized carbons (Fsp3) is 0.818. The van der Waals surface area contributed by atoms with Gasteiger partial charge in [0, 0.05) is 6.04 Å². The van der Waals surface area contributed by atoms with Gasteiger partial charge in [-0.2, -0.15) is 4.98 Å². The van der Waals surface area contributed by atoms with Crippen LogP contribution in [0.3, 0.4) is 0 Å². The van der Waals surface area contributed by atoms with E-state index >= 15 is 0 Å². The maximum Gasteiger partial charge on any atom is 0.321 e. The van der Waals surface area contributed by atoms with E-state index in [1.165, 1.54) is 25.7 Å². The maximum absolute atomic E-state index is 5.09. The lowest BCUT2D eigenvalue weighted by atomic mass is 9.73. The lowest BCUT2D eigenvalue weighted by Gasteiger charge is -2.38. The third-order valence-corrected chi connectivity index (χ3v) is 3.33. The van der Waals surface area contributed by atoms with Crippen molar-refractivity contribution in [1.29, 1.82) is 0 Å². The molecule has 1 aliphatic carbocycles. The number of aryl methyl sites for hydroxylation is 1. The second-order valence-corrected chi connectivity index (χ2v) is 5.08. The van der Waals surface area contributed by atoms with Crippen molar-refractivity contribution >= 4 is 6.01 Å². The maximum atomic E-state index is 5.09. The summed E-state index contributed by atoms with van der Waals surface area (Å²) < 4.78 is 5.09. The molecule has 4 heteroatoms. The fourth-order valence-electron chi connectivity index (χ4n) is 2.27. The zero-order valence-electron chi connectivity index (χ0n) is 9.71. The quantitative estimate of drug-likeness (QED) is 0.813. The summed E-state index contributed by atoms with van der Waals surface area (Å²) in [6.45, 7) is 6.43. The Labute approximate surface area is 90.4 Å². The largest absolute Gasteiger partial charge is 0.334 e. The molecule has 0 spiro atoms. The highest BCUT2D eigenvalue weighted by atomic mass is 16.5. The second-order valence-electron chi connectivity index (χ2n) is 5.08. The first-order valence-electron chi connectivity index (χ1n) is 5.65. The Bertz CT molecular complexity index is 332. The van der Waals surface area contributed by atoms with Crippen molar-refractivity contribution in [1.82, 2.24) is 10.1 Å². The van der Waals surface area contributed by atoms with E-state index in [9.17, 15) is 0 Å². The normalized spacial score (nSPS) is 25.1. The Kier molecular flexibility index (Phi) is 2.67. The van der Waals surface area contributed by atoms with Crippen LogP contribution in [0, 0.1) is 12.3 Å². The highest BCUT2D eigenvalue weighted by Crippen LogP contribution is 2.36. The minimum Gasteiger partial charge on any atom is -0.334 e. The molecule has 1 aromatic heterocycles. The van der Waals surface area contributed by atoms with E-state index in [0.717, 1.165) is 0 Å². The zero-order chi connectivity index (χ0) is 10.9. The summed E-state index contributed by atoms with van der Waals surface area (Å²) in [5.41, 5.74) is 0.320. The number of anilines is 1. The molecule has 0 aromatic carbocycles. The van der Waals surface area contributed by atoms with Gasteiger partial charge in [0.25, 0.3) is 0 Å². The molecule has 1 saturated carbocycles. The molecular weight excluding hydrogens is 190 g/mol. The van der Waals surface area contributed by atoms with Gasteiger partial charge in [-0.05, 0) is 25.2 Å². The molecule has 0 aliphatic heterocycles. The van der Waals surface area contributed by atoms with Crippen LogP contribution in [0.15, 0.2) is 4.52 Å². The lowest BCUT2D eigenvalue weighted by Crippen LogP contribution is -2.39. The Balaban J connectivity index is 2.04. The van der Waals surface area contributed by atoms with E-state index in [4.69, 9.17) is 4.52 Å². The molecule has 1 aromatic rings. The van der Waals surface area contributed by atoms with Crippen molar-refractivity contribution in [2.75, 3.05) is 5.32 Å². The smallest absolute Gasteiger partial charge is 0.321 e. The molecule has 1 atom stereocenters. The van der Waals surface area contributed by atoms with Crippen LogP contribution in [0.5, 0.6) is 0 Å². The monoisotopic (exact) mass is 209 g/mol. The minimum atomic E-state index is 0.320. The zero-order valence-corrected chi connectivity index (χ0v) is 9.71. The van der Waals surface area contributed by atoms with Crippen LogP contribution in [0.1, 0.15) is 45.4 Å². The molecular formula is C11H19N3O. The molecule has 0 saturated heterocycles. The molecule has 0 radical (unpaired) electrons. The van der Waals surface area contributed by atoms with Gasteiger partial charge in [0.1, 0.15) is 0 Å². The second kappa shape index (κ2) is 3.83. The summed E-state index contributed by atoms with van der Waals surface area (Å²) in [6, 6.07) is 1.01. The van der Waals surface area contributed by atoms with Crippen molar-refractivity contribution in [2.24, 2.45) is 5.41 Å². The van der Waals surface area contributed by atoms with Crippen LogP contribution in [0.4, 0.5) is 6.01 Å². The van der Waals surface area contributed by atoms with Gasteiger partial charge < -0.3 is 9.84 Å². The average Bonchev–Trinajstić information content (AvgIpc) is 2.55. The Morgan fingerprint density at radius 3 is 2.80 bits per heavy atom. The number of nitrogens with one attached hydrogen (secondary N) is 1. The summed E-state index contributed by atoms with van der Waals surface area (Å²) >= 11 is 0. The van der Waals surface area contributed by atoms with Crippen LogP contribution in [0.25, 0.3) is 0 Å². The van der Waals surface area contributed by atoms with Crippen molar-refractivity contribution < 1.29 is 4.52 Å². The van der Waals surface area contributed by atoms with E-state index in [1.54, 1.807) is 0 Å². The van der Waals surface area contributed by atoms with Crippen molar-refractivity contribution in [2.45, 2.75) is 52.5 Å². The summed E-state index contributed by atoms with van der Waals surface area (Å²) in [5, 5.41) is 7.13. The third-order valence-electron chi connectivity index (χ3n) is 3.33. The van der Waals surface area contributed by atoms with Gasteiger partial charge in [-0.1, -0.05) is 31.8 Å². The molecule has 0 bridgehead atoms. The number of hydrogen-bond acceptors (Lipinski definition) is 4. The van der Waals surface area contributed by atoms with Gasteiger partial charge in [0.05, 0.1) is 0 Å². The summed E-state index contributed by atoms with van der Waals surface area (Å²) in [7, 11) is 0. The Morgan fingerprint density at radius 1 is 1.40 bits per heavy atom. The lowest BCUT2D eigenvalue weighted by molar-refractivity contribution is 0.213. The minimum absolute atomic E-state index is 0.320. The SMILES string of the molecule is Cc1noc(NC2CCCCC2(C)C)n1. The predicted octanol–water partition coefficient (Wildman–Crippen LogP) is 2.76. The van der Waals surface area contributed by atoms with Gasteiger partial charge in [0.15, 0.2) is 5.82 Å². The molecule has 1 N–H and O–H groups in total. The van der Waals surface area contributed by atoms with Crippen LogP contribution in [-0.2, 0) is 0 Å². The molecule has 1 fully saturated rings. The number of aromatic nitrogens is 2. The molecule has 1 aliphatic rings. The molecule has 4 nitrogen and oxygen atoms in total. The van der Waals surface area contributed by atoms with Crippen molar-refractivity contribution in [3.8, 4) is 0 Å². The molecule has 15 heavy (non-hydrogen) atoms. The third kappa shape index (κ3) is 2.30. The topological polar surface area (TPSA) is 51.0 Å². The Morgan fingerprint density at radius 2 is 2.20 bits per heavy atom. The standard InChI is InChI=1S/C11H19N3O/c1-8-12-10(15-14-8)13-9-6-4-5-7-11(9,2)3/h9H,4-7H2,1-3H3,(H,12,13,14). The number of rotatable bonds is 2. The van der Waals surface area contributed by atoms with Crippen molar-refractivity contribution in [3.05, 3.63) is 5.82 Å². The van der Waals surface area contributed by atoms with Gasteiger partial charge in [-0.25, -0.2) is 0 Å². The van der Waals surface area contributed by atoms with Gasteiger partial charge >= 0.3 is 6.01 Å². The van der Waals surface area contributed by atoms with Crippen LogP contribution < -0.4 is 5.32 Å². The number of hydrogen-bond donors (Lipinski definition) is 1. The first kappa shape index (κ1) is 10.5. The molecule has 1 heterocycles. The molecule has 1 unspecified atom stereocenters. The first-order chi connectivity index (χ1) is 7.08. The van der Waals surface area contributed by atoms with E-state index in [1.807, 2.05) is 6.92 Å². The predicted molar refractivity (Wildman–Crippen MR) is 58.7 cm³/mol. The first-order valence-corrected chi connectivity index (χ1v) is 5.65. The molecule has 84 valence electrons. The van der Waals surface area contributed by atoms with E-state index < -0.39 is 0 Å². The van der Waals surface area contributed by atoms with Crippen LogP contribution >= 0.6 is 0 Å². The fourth-order valence-corrected chi connectivity index (χ4v) is 2.27. The summed E-state index contributed by atoms with van der Waals surface area (Å²) in [5.74, 6) is 0.686. The van der Waals surface area contributed by atoms with Gasteiger partial charge in [-0.3, -0.25) is 0 Å². The average molecular weight is 209 g/mol. The summed E-state index contributed by atoms with van der Waals surface area (Å²) in [4.78, 5) is 4.18.